The van der Waals surface area contributed by atoms with Gasteiger partial charge in [0.15, 0.2) is 0 Å². The van der Waals surface area contributed by atoms with Gasteiger partial charge in [-0.3, -0.25) is 0 Å². The van der Waals surface area contributed by atoms with Crippen molar-refractivity contribution >= 4 is 28.2 Å². The van der Waals surface area contributed by atoms with Crippen molar-refractivity contribution in [1.82, 2.24) is 0 Å². The second kappa shape index (κ2) is 6.48. The lowest BCUT2D eigenvalue weighted by Gasteiger charge is -2.11. The summed E-state index contributed by atoms with van der Waals surface area (Å²) >= 11 is 0. The zero-order chi connectivity index (χ0) is 15.4. The van der Waals surface area contributed by atoms with E-state index in [1.165, 1.54) is 21.9 Å². The van der Waals surface area contributed by atoms with Crippen molar-refractivity contribution in [3.8, 4) is 0 Å². The van der Waals surface area contributed by atoms with Crippen LogP contribution >= 0.6 is 0 Å². The van der Waals surface area contributed by atoms with Gasteiger partial charge in [-0.2, -0.15) is 0 Å². The van der Waals surface area contributed by atoms with E-state index in [1.807, 2.05) is 0 Å². The number of benzene rings is 3. The number of hydrogen-bond donors (Lipinski definition) is 1. The largest absolute Gasteiger partial charge is 0.355 e. The Morgan fingerprint density at radius 2 is 1.59 bits per heavy atom. The van der Waals surface area contributed by atoms with Crippen LogP contribution in [0.1, 0.15) is 25.0 Å². The maximum atomic E-state index is 3.51. The summed E-state index contributed by atoms with van der Waals surface area (Å²) in [6, 6.07) is 21.5. The molecule has 0 amide bonds. The van der Waals surface area contributed by atoms with E-state index in [0.717, 1.165) is 17.8 Å². The number of fused-ring (bicyclic) bond motifs is 1. The van der Waals surface area contributed by atoms with Crippen LogP contribution in [-0.4, -0.2) is 0 Å². The molecule has 0 saturated heterocycles. The van der Waals surface area contributed by atoms with Crippen LogP contribution in [0, 0.1) is 0 Å². The molecule has 0 aromatic heterocycles. The van der Waals surface area contributed by atoms with Crippen molar-refractivity contribution in [1.29, 1.82) is 0 Å². The fourth-order valence-corrected chi connectivity index (χ4v) is 2.76. The molecule has 0 saturated carbocycles. The molecule has 3 aromatic rings. The van der Waals surface area contributed by atoms with E-state index in [0.29, 0.717) is 0 Å². The fraction of sp³-hybridized carbons (Fsp3) is 0.143. The van der Waals surface area contributed by atoms with Crippen LogP contribution in [0.5, 0.6) is 0 Å². The number of hydrogen-bond acceptors (Lipinski definition) is 1. The summed E-state index contributed by atoms with van der Waals surface area (Å²) in [4.78, 5) is 0. The molecule has 0 spiro atoms. The van der Waals surface area contributed by atoms with Gasteiger partial charge in [-0.25, -0.2) is 0 Å². The van der Waals surface area contributed by atoms with E-state index in [9.17, 15) is 0 Å². The van der Waals surface area contributed by atoms with Crippen LogP contribution in [0.15, 0.2) is 66.7 Å². The maximum Gasteiger partial charge on any atom is 0.0390 e. The molecule has 0 bridgehead atoms. The summed E-state index contributed by atoms with van der Waals surface area (Å²) in [5.74, 6) is 0. The first-order valence-corrected chi connectivity index (χ1v) is 7.81. The molecule has 3 rings (SSSR count). The summed E-state index contributed by atoms with van der Waals surface area (Å²) in [7, 11) is 0. The van der Waals surface area contributed by atoms with E-state index in [2.05, 4.69) is 92.0 Å². The van der Waals surface area contributed by atoms with Gasteiger partial charge in [0.05, 0.1) is 0 Å². The third kappa shape index (κ3) is 3.04. The maximum absolute atomic E-state index is 3.51. The first-order valence-electron chi connectivity index (χ1n) is 7.81. The second-order valence-electron chi connectivity index (χ2n) is 5.45. The lowest BCUT2D eigenvalue weighted by atomic mass is 10.0. The average molecular weight is 287 g/mol. The Morgan fingerprint density at radius 3 is 2.36 bits per heavy atom. The normalized spacial score (nSPS) is 11.2. The second-order valence-corrected chi connectivity index (χ2v) is 5.45. The standard InChI is InChI=1S/C21H21N/c1-3-7-18-14-20(12-10-16(18)4-2)22-21-13-11-17-8-5-6-9-19(17)15-21/h3,5-15,22H,4H2,1-2H3/b7-3-. The molecule has 0 aliphatic rings. The first kappa shape index (κ1) is 14.4. The summed E-state index contributed by atoms with van der Waals surface area (Å²) in [5.41, 5.74) is 4.91. The molecule has 0 heterocycles. The highest BCUT2D eigenvalue weighted by Gasteiger charge is 2.01. The number of anilines is 2. The van der Waals surface area contributed by atoms with Crippen molar-refractivity contribution < 1.29 is 0 Å². The lowest BCUT2D eigenvalue weighted by Crippen LogP contribution is -1.93. The highest BCUT2D eigenvalue weighted by atomic mass is 14.9. The first-order chi connectivity index (χ1) is 10.8. The Balaban J connectivity index is 1.92. The molecule has 3 aromatic carbocycles. The molecule has 22 heavy (non-hydrogen) atoms. The molecule has 0 unspecified atom stereocenters. The van der Waals surface area contributed by atoms with E-state index in [1.54, 1.807) is 0 Å². The number of allylic oxidation sites excluding steroid dienone is 1. The monoisotopic (exact) mass is 287 g/mol. The van der Waals surface area contributed by atoms with Gasteiger partial charge < -0.3 is 5.32 Å². The fourth-order valence-electron chi connectivity index (χ4n) is 2.76. The zero-order valence-electron chi connectivity index (χ0n) is 13.1. The van der Waals surface area contributed by atoms with Gasteiger partial charge in [-0.05, 0) is 59.5 Å². The molecule has 0 radical (unpaired) electrons. The molecule has 1 nitrogen and oxygen atoms in total. The van der Waals surface area contributed by atoms with Crippen LogP contribution in [0.2, 0.25) is 0 Å². The Morgan fingerprint density at radius 1 is 0.864 bits per heavy atom. The van der Waals surface area contributed by atoms with E-state index in [4.69, 9.17) is 0 Å². The summed E-state index contributed by atoms with van der Waals surface area (Å²) in [6.07, 6.45) is 5.31. The highest BCUT2D eigenvalue weighted by molar-refractivity contribution is 5.86. The highest BCUT2D eigenvalue weighted by Crippen LogP contribution is 2.24. The van der Waals surface area contributed by atoms with Gasteiger partial charge in [0.1, 0.15) is 0 Å². The van der Waals surface area contributed by atoms with Gasteiger partial charge in [-0.1, -0.05) is 55.5 Å². The smallest absolute Gasteiger partial charge is 0.0390 e. The van der Waals surface area contributed by atoms with Gasteiger partial charge in [-0.15, -0.1) is 0 Å². The number of rotatable bonds is 4. The minimum absolute atomic E-state index is 1.05. The van der Waals surface area contributed by atoms with Crippen molar-refractivity contribution in [3.05, 3.63) is 77.9 Å². The van der Waals surface area contributed by atoms with Crippen LogP contribution in [0.25, 0.3) is 16.8 Å². The predicted molar refractivity (Wildman–Crippen MR) is 97.8 cm³/mol. The van der Waals surface area contributed by atoms with E-state index < -0.39 is 0 Å². The van der Waals surface area contributed by atoms with Crippen LogP contribution < -0.4 is 5.32 Å². The molecular formula is C21H21N. The average Bonchev–Trinajstić information content (AvgIpc) is 2.55. The minimum atomic E-state index is 1.05. The summed E-state index contributed by atoms with van der Waals surface area (Å²) in [6.45, 7) is 4.25. The molecule has 0 fully saturated rings. The Bertz CT molecular complexity index is 815. The van der Waals surface area contributed by atoms with Crippen LogP contribution in [0.3, 0.4) is 0 Å². The Kier molecular flexibility index (Phi) is 4.24. The van der Waals surface area contributed by atoms with E-state index >= 15 is 0 Å². The van der Waals surface area contributed by atoms with Crippen molar-refractivity contribution in [2.45, 2.75) is 20.3 Å². The van der Waals surface area contributed by atoms with E-state index in [-0.39, 0.29) is 0 Å². The molecular weight excluding hydrogens is 266 g/mol. The Hall–Kier alpha value is -2.54. The molecule has 0 atom stereocenters. The summed E-state index contributed by atoms with van der Waals surface area (Å²) < 4.78 is 0. The van der Waals surface area contributed by atoms with Crippen LogP contribution in [0.4, 0.5) is 11.4 Å². The molecule has 0 aliphatic carbocycles. The van der Waals surface area contributed by atoms with Gasteiger partial charge in [0.2, 0.25) is 0 Å². The topological polar surface area (TPSA) is 12.0 Å². The third-order valence-corrected chi connectivity index (χ3v) is 3.91. The SMILES string of the molecule is C/C=C\c1cc(Nc2ccc3ccccc3c2)ccc1CC. The molecule has 110 valence electrons. The quantitative estimate of drug-likeness (QED) is 0.604. The van der Waals surface area contributed by atoms with Gasteiger partial charge >= 0.3 is 0 Å². The minimum Gasteiger partial charge on any atom is -0.355 e. The van der Waals surface area contributed by atoms with Gasteiger partial charge in [0.25, 0.3) is 0 Å². The number of nitrogens with one attached hydrogen (secondary N) is 1. The summed E-state index contributed by atoms with van der Waals surface area (Å²) in [5, 5.41) is 6.04. The molecule has 1 N–H and O–H groups in total. The lowest BCUT2D eigenvalue weighted by molar-refractivity contribution is 1.13. The Labute approximate surface area is 132 Å². The van der Waals surface area contributed by atoms with Crippen molar-refractivity contribution in [2.75, 3.05) is 5.32 Å². The molecule has 0 aliphatic heterocycles. The van der Waals surface area contributed by atoms with Crippen LogP contribution in [-0.2, 0) is 6.42 Å². The number of aryl methyl sites for hydroxylation is 1. The van der Waals surface area contributed by atoms with Crippen molar-refractivity contribution in [3.63, 3.8) is 0 Å². The third-order valence-electron chi connectivity index (χ3n) is 3.91. The zero-order valence-corrected chi connectivity index (χ0v) is 13.1. The van der Waals surface area contributed by atoms with Gasteiger partial charge in [0, 0.05) is 11.4 Å². The molecule has 1 heteroatoms. The predicted octanol–water partition coefficient (Wildman–Crippen LogP) is 6.18. The van der Waals surface area contributed by atoms with Crippen molar-refractivity contribution in [2.24, 2.45) is 0 Å².